The summed E-state index contributed by atoms with van der Waals surface area (Å²) in [6.45, 7) is 1.09. The molecule has 0 radical (unpaired) electrons. The molecule has 2 rings (SSSR count). The molecule has 0 unspecified atom stereocenters. The zero-order chi connectivity index (χ0) is 13.7. The third kappa shape index (κ3) is 1.92. The van der Waals surface area contributed by atoms with Gasteiger partial charge in [0.25, 0.3) is 6.43 Å². The molecule has 0 aliphatic carbocycles. The van der Waals surface area contributed by atoms with Crippen LogP contribution in [-0.4, -0.2) is 9.61 Å². The summed E-state index contributed by atoms with van der Waals surface area (Å²) < 4.78 is 64.1. The lowest BCUT2D eigenvalue weighted by Crippen LogP contribution is -2.07. The Labute approximate surface area is 103 Å². The molecule has 0 amide bonds. The largest absolute Gasteiger partial charge is 0.435 e. The third-order valence-corrected chi connectivity index (χ3v) is 2.79. The maximum absolute atomic E-state index is 12.7. The molecule has 18 heavy (non-hydrogen) atoms. The van der Waals surface area contributed by atoms with E-state index in [2.05, 4.69) is 5.10 Å². The molecule has 0 aliphatic heterocycles. The molecule has 8 heteroatoms. The summed E-state index contributed by atoms with van der Waals surface area (Å²) >= 11 is 5.66. The van der Waals surface area contributed by atoms with Crippen LogP contribution in [0.15, 0.2) is 12.1 Å². The molecule has 98 valence electrons. The van der Waals surface area contributed by atoms with Crippen molar-refractivity contribution in [2.45, 2.75) is 19.5 Å². The fourth-order valence-electron chi connectivity index (χ4n) is 1.74. The second kappa shape index (κ2) is 4.08. The predicted molar refractivity (Wildman–Crippen MR) is 54.9 cm³/mol. The van der Waals surface area contributed by atoms with Crippen LogP contribution in [0.4, 0.5) is 22.0 Å². The normalized spacial score (nSPS) is 12.7. The highest BCUT2D eigenvalue weighted by Crippen LogP contribution is 2.36. The second-order valence-corrected chi connectivity index (χ2v) is 4.03. The molecule has 2 aromatic heterocycles. The number of aryl methyl sites for hydroxylation is 1. The average Bonchev–Trinajstić information content (AvgIpc) is 2.57. The number of hydrogen-bond acceptors (Lipinski definition) is 1. The van der Waals surface area contributed by atoms with Gasteiger partial charge in [-0.3, -0.25) is 0 Å². The molecule has 0 saturated heterocycles. The summed E-state index contributed by atoms with van der Waals surface area (Å²) in [5.74, 6) is 0. The van der Waals surface area contributed by atoms with E-state index in [0.29, 0.717) is 4.52 Å². The first-order valence-corrected chi connectivity index (χ1v) is 5.14. The van der Waals surface area contributed by atoms with Gasteiger partial charge in [-0.1, -0.05) is 11.6 Å². The zero-order valence-corrected chi connectivity index (χ0v) is 9.65. The Hall–Kier alpha value is -1.37. The Morgan fingerprint density at radius 1 is 1.28 bits per heavy atom. The van der Waals surface area contributed by atoms with Crippen LogP contribution >= 0.6 is 11.6 Å². The first-order valence-electron chi connectivity index (χ1n) is 4.76. The van der Waals surface area contributed by atoms with E-state index < -0.39 is 23.9 Å². The predicted octanol–water partition coefficient (Wildman–Crippen LogP) is 4.25. The Morgan fingerprint density at radius 3 is 2.39 bits per heavy atom. The highest BCUT2D eigenvalue weighted by Gasteiger charge is 2.37. The van der Waals surface area contributed by atoms with Gasteiger partial charge >= 0.3 is 6.18 Å². The number of hydrogen-bond donors (Lipinski definition) is 0. The van der Waals surface area contributed by atoms with Crippen LogP contribution in [-0.2, 0) is 6.18 Å². The van der Waals surface area contributed by atoms with Crippen molar-refractivity contribution in [2.24, 2.45) is 0 Å². The molecule has 2 aromatic rings. The Morgan fingerprint density at radius 2 is 1.89 bits per heavy atom. The van der Waals surface area contributed by atoms with Gasteiger partial charge < -0.3 is 0 Å². The SMILES string of the molecule is Cc1c(C(F)(F)F)nn2c(Cl)ccc(C(F)F)c12. The standard InChI is InChI=1S/C10H6ClF5N2/c1-4-7-5(9(12)13)2-3-6(11)18(7)17-8(4)10(14,15)16/h2-3,9H,1H3. The van der Waals surface area contributed by atoms with Crippen molar-refractivity contribution in [1.82, 2.24) is 9.61 Å². The smallest absolute Gasteiger partial charge is 0.221 e. The minimum absolute atomic E-state index is 0.159. The first-order chi connectivity index (χ1) is 8.23. The van der Waals surface area contributed by atoms with Gasteiger partial charge in [-0.15, -0.1) is 0 Å². The topological polar surface area (TPSA) is 17.3 Å². The summed E-state index contributed by atoms with van der Waals surface area (Å²) in [5.41, 5.74) is -2.40. The van der Waals surface area contributed by atoms with Crippen LogP contribution in [0.5, 0.6) is 0 Å². The molecular weight excluding hydrogens is 279 g/mol. The van der Waals surface area contributed by atoms with Gasteiger partial charge in [-0.2, -0.15) is 18.3 Å². The van der Waals surface area contributed by atoms with Crippen molar-refractivity contribution in [2.75, 3.05) is 0 Å². The summed E-state index contributed by atoms with van der Waals surface area (Å²) in [6, 6.07) is 2.08. The van der Waals surface area contributed by atoms with E-state index in [1.807, 2.05) is 0 Å². The van der Waals surface area contributed by atoms with Crippen molar-refractivity contribution in [3.05, 3.63) is 34.1 Å². The van der Waals surface area contributed by atoms with Gasteiger partial charge in [0.15, 0.2) is 5.69 Å². The van der Waals surface area contributed by atoms with Gasteiger partial charge in [0.1, 0.15) is 5.15 Å². The fraction of sp³-hybridized carbons (Fsp3) is 0.300. The van der Waals surface area contributed by atoms with Gasteiger partial charge in [-0.05, 0) is 19.1 Å². The van der Waals surface area contributed by atoms with Crippen molar-refractivity contribution >= 4 is 17.1 Å². The molecule has 0 bridgehead atoms. The van der Waals surface area contributed by atoms with E-state index in [4.69, 9.17) is 11.6 Å². The van der Waals surface area contributed by atoms with Gasteiger partial charge in [-0.25, -0.2) is 13.3 Å². The van der Waals surface area contributed by atoms with E-state index in [1.165, 1.54) is 0 Å². The molecular formula is C10H6ClF5N2. The Kier molecular flexibility index (Phi) is 2.96. The van der Waals surface area contributed by atoms with Gasteiger partial charge in [0, 0.05) is 11.1 Å². The number of fused-ring (bicyclic) bond motifs is 1. The van der Waals surface area contributed by atoms with Crippen LogP contribution in [0.25, 0.3) is 5.52 Å². The monoisotopic (exact) mass is 284 g/mol. The summed E-state index contributed by atoms with van der Waals surface area (Å²) in [7, 11) is 0. The van der Waals surface area contributed by atoms with Crippen LogP contribution in [0.1, 0.15) is 23.2 Å². The number of alkyl halides is 5. The highest BCUT2D eigenvalue weighted by molar-refractivity contribution is 6.29. The molecule has 0 atom stereocenters. The number of nitrogens with zero attached hydrogens (tertiary/aromatic N) is 2. The third-order valence-electron chi connectivity index (χ3n) is 2.50. The summed E-state index contributed by atoms with van der Waals surface area (Å²) in [4.78, 5) is 0. The van der Waals surface area contributed by atoms with Crippen LogP contribution in [0.2, 0.25) is 5.15 Å². The fourth-order valence-corrected chi connectivity index (χ4v) is 1.93. The minimum Gasteiger partial charge on any atom is -0.221 e. The minimum atomic E-state index is -4.71. The van der Waals surface area contributed by atoms with E-state index in [0.717, 1.165) is 19.1 Å². The van der Waals surface area contributed by atoms with Crippen molar-refractivity contribution < 1.29 is 22.0 Å². The van der Waals surface area contributed by atoms with Crippen molar-refractivity contribution in [3.8, 4) is 0 Å². The Balaban J connectivity index is 2.87. The van der Waals surface area contributed by atoms with E-state index >= 15 is 0 Å². The zero-order valence-electron chi connectivity index (χ0n) is 8.89. The van der Waals surface area contributed by atoms with E-state index in [-0.39, 0.29) is 16.2 Å². The lowest BCUT2D eigenvalue weighted by Gasteiger charge is -2.05. The summed E-state index contributed by atoms with van der Waals surface area (Å²) in [5, 5.41) is 3.09. The quantitative estimate of drug-likeness (QED) is 0.565. The molecule has 0 fully saturated rings. The Bertz CT molecular complexity index is 602. The second-order valence-electron chi connectivity index (χ2n) is 3.64. The molecule has 2 heterocycles. The maximum Gasteiger partial charge on any atom is 0.435 e. The van der Waals surface area contributed by atoms with Gasteiger partial charge in [0.2, 0.25) is 0 Å². The average molecular weight is 285 g/mol. The van der Waals surface area contributed by atoms with Gasteiger partial charge in [0.05, 0.1) is 5.52 Å². The molecule has 0 spiro atoms. The lowest BCUT2D eigenvalue weighted by atomic mass is 10.1. The first kappa shape index (κ1) is 13.1. The number of pyridine rings is 1. The molecule has 0 aromatic carbocycles. The number of aromatic nitrogens is 2. The van der Waals surface area contributed by atoms with Crippen LogP contribution in [0.3, 0.4) is 0 Å². The summed E-state index contributed by atoms with van der Waals surface area (Å²) in [6.07, 6.45) is -7.61. The number of rotatable bonds is 1. The van der Waals surface area contributed by atoms with Crippen molar-refractivity contribution in [3.63, 3.8) is 0 Å². The number of halogens is 6. The highest BCUT2D eigenvalue weighted by atomic mass is 35.5. The van der Waals surface area contributed by atoms with Crippen molar-refractivity contribution in [1.29, 1.82) is 0 Å². The molecule has 0 aliphatic rings. The maximum atomic E-state index is 12.7. The molecule has 2 nitrogen and oxygen atoms in total. The lowest BCUT2D eigenvalue weighted by molar-refractivity contribution is -0.141. The van der Waals surface area contributed by atoms with Crippen LogP contribution in [0, 0.1) is 6.92 Å². The van der Waals surface area contributed by atoms with E-state index in [1.54, 1.807) is 0 Å². The van der Waals surface area contributed by atoms with Crippen LogP contribution < -0.4 is 0 Å². The molecule has 0 saturated carbocycles. The van der Waals surface area contributed by atoms with E-state index in [9.17, 15) is 22.0 Å². The molecule has 0 N–H and O–H groups in total.